The molecular weight excluding hydrogens is 496 g/mol. The number of benzene rings is 3. The quantitative estimate of drug-likeness (QED) is 0.258. The van der Waals surface area contributed by atoms with Gasteiger partial charge in [-0.05, 0) is 67.1 Å². The zero-order valence-electron chi connectivity index (χ0n) is 20.3. The summed E-state index contributed by atoms with van der Waals surface area (Å²) in [7, 11) is 2.97. The number of carbonyl (C=O) groups excluding carboxylic acids is 2. The maximum atomic E-state index is 13.4. The number of methoxy groups -OCH3 is 2. The molecule has 0 saturated carbocycles. The van der Waals surface area contributed by atoms with E-state index < -0.39 is 17.7 Å². The molecule has 8 nitrogen and oxygen atoms in total. The van der Waals surface area contributed by atoms with Crippen molar-refractivity contribution in [1.82, 2.24) is 0 Å². The first-order valence-corrected chi connectivity index (χ1v) is 11.7. The zero-order chi connectivity index (χ0) is 26.7. The summed E-state index contributed by atoms with van der Waals surface area (Å²) in [5, 5.41) is 20.9. The summed E-state index contributed by atoms with van der Waals surface area (Å²) in [6, 6.07) is 16.9. The molecule has 37 heavy (non-hydrogen) atoms. The van der Waals surface area contributed by atoms with E-state index >= 15 is 0 Å². The number of nitriles is 1. The molecule has 3 aromatic carbocycles. The Morgan fingerprint density at radius 1 is 1.00 bits per heavy atom. The first kappa shape index (κ1) is 25.6. The van der Waals surface area contributed by atoms with Crippen LogP contribution in [0.25, 0.3) is 5.76 Å². The number of hydrogen-bond donors (Lipinski definition) is 1. The topological polar surface area (TPSA) is 109 Å². The molecule has 4 rings (SSSR count). The largest absolute Gasteiger partial charge is 0.507 e. The van der Waals surface area contributed by atoms with E-state index in [0.29, 0.717) is 45.7 Å². The van der Waals surface area contributed by atoms with Gasteiger partial charge in [-0.15, -0.1) is 0 Å². The van der Waals surface area contributed by atoms with E-state index in [2.05, 4.69) is 0 Å². The summed E-state index contributed by atoms with van der Waals surface area (Å²) in [5.41, 5.74) is 1.42. The molecule has 188 valence electrons. The fourth-order valence-electron chi connectivity index (χ4n) is 4.21. The number of ether oxygens (including phenoxy) is 3. The van der Waals surface area contributed by atoms with Crippen molar-refractivity contribution < 1.29 is 28.9 Å². The van der Waals surface area contributed by atoms with Crippen molar-refractivity contribution in [2.75, 3.05) is 25.7 Å². The van der Waals surface area contributed by atoms with Gasteiger partial charge in [-0.3, -0.25) is 14.5 Å². The average Bonchev–Trinajstić information content (AvgIpc) is 3.19. The maximum absolute atomic E-state index is 13.4. The Bertz CT molecular complexity index is 1440. The number of amides is 1. The Labute approximate surface area is 218 Å². The Balaban J connectivity index is 1.96. The van der Waals surface area contributed by atoms with Gasteiger partial charge in [0.25, 0.3) is 11.7 Å². The van der Waals surface area contributed by atoms with Crippen LogP contribution in [0, 0.1) is 11.3 Å². The van der Waals surface area contributed by atoms with Gasteiger partial charge in [0.15, 0.2) is 11.5 Å². The predicted octanol–water partition coefficient (Wildman–Crippen LogP) is 5.25. The van der Waals surface area contributed by atoms with Crippen LogP contribution in [0.4, 0.5) is 5.69 Å². The van der Waals surface area contributed by atoms with Crippen molar-refractivity contribution in [3.05, 3.63) is 87.9 Å². The van der Waals surface area contributed by atoms with Crippen LogP contribution in [0.2, 0.25) is 5.02 Å². The number of nitrogens with zero attached hydrogens (tertiary/aromatic N) is 2. The highest BCUT2D eigenvalue weighted by molar-refractivity contribution is 6.51. The molecule has 1 aliphatic heterocycles. The number of aliphatic hydroxyl groups is 1. The van der Waals surface area contributed by atoms with Crippen LogP contribution in [0.1, 0.15) is 29.7 Å². The van der Waals surface area contributed by atoms with Crippen LogP contribution in [0.5, 0.6) is 17.2 Å². The fourth-order valence-corrected chi connectivity index (χ4v) is 4.38. The van der Waals surface area contributed by atoms with Gasteiger partial charge in [0.05, 0.1) is 49.1 Å². The molecule has 0 bridgehead atoms. The summed E-state index contributed by atoms with van der Waals surface area (Å²) in [6.07, 6.45) is 0. The SMILES string of the molecule is CCOc1cc(/C(O)=C2/C(=O)C(=O)N(c3ccc(C#N)cc3)C2c2ccc(OC)c(OC)c2)ccc1Cl. The number of hydrogen-bond acceptors (Lipinski definition) is 7. The molecule has 1 amide bonds. The Morgan fingerprint density at radius 2 is 1.70 bits per heavy atom. The molecule has 0 aromatic heterocycles. The van der Waals surface area contributed by atoms with Crippen molar-refractivity contribution in [2.24, 2.45) is 0 Å². The van der Waals surface area contributed by atoms with Crippen molar-refractivity contribution in [1.29, 1.82) is 5.26 Å². The maximum Gasteiger partial charge on any atom is 0.300 e. The first-order chi connectivity index (χ1) is 17.8. The lowest BCUT2D eigenvalue weighted by Crippen LogP contribution is -2.29. The van der Waals surface area contributed by atoms with E-state index in [-0.39, 0.29) is 16.9 Å². The molecule has 0 spiro atoms. The average molecular weight is 519 g/mol. The number of ketones is 1. The van der Waals surface area contributed by atoms with E-state index in [0.717, 1.165) is 0 Å². The second-order valence-electron chi connectivity index (χ2n) is 8.02. The van der Waals surface area contributed by atoms with Crippen LogP contribution in [0.3, 0.4) is 0 Å². The minimum Gasteiger partial charge on any atom is -0.507 e. The molecule has 9 heteroatoms. The highest BCUT2D eigenvalue weighted by atomic mass is 35.5. The minimum atomic E-state index is -1.00. The summed E-state index contributed by atoms with van der Waals surface area (Å²) in [4.78, 5) is 28.0. The highest BCUT2D eigenvalue weighted by Gasteiger charge is 2.47. The minimum absolute atomic E-state index is 0.119. The van der Waals surface area contributed by atoms with Gasteiger partial charge in [0.1, 0.15) is 11.5 Å². The molecule has 1 unspecified atom stereocenters. The molecule has 0 aliphatic carbocycles. The normalized spacial score (nSPS) is 16.4. The number of anilines is 1. The van der Waals surface area contributed by atoms with Gasteiger partial charge in [0.2, 0.25) is 0 Å². The van der Waals surface area contributed by atoms with Crippen LogP contribution in [0.15, 0.2) is 66.2 Å². The van der Waals surface area contributed by atoms with Gasteiger partial charge in [-0.25, -0.2) is 0 Å². The van der Waals surface area contributed by atoms with E-state index in [9.17, 15) is 20.0 Å². The molecule has 1 atom stereocenters. The van der Waals surface area contributed by atoms with E-state index in [1.54, 1.807) is 61.5 Å². The molecule has 1 saturated heterocycles. The molecule has 1 aliphatic rings. The summed E-state index contributed by atoms with van der Waals surface area (Å²) >= 11 is 6.20. The third-order valence-electron chi connectivity index (χ3n) is 5.95. The molecule has 3 aromatic rings. The lowest BCUT2D eigenvalue weighted by atomic mass is 9.94. The van der Waals surface area contributed by atoms with Crippen molar-refractivity contribution >= 4 is 34.7 Å². The second-order valence-corrected chi connectivity index (χ2v) is 8.43. The van der Waals surface area contributed by atoms with Crippen LogP contribution < -0.4 is 19.1 Å². The van der Waals surface area contributed by atoms with E-state index in [1.165, 1.54) is 25.2 Å². The number of halogens is 1. The van der Waals surface area contributed by atoms with Gasteiger partial charge in [0, 0.05) is 11.3 Å². The van der Waals surface area contributed by atoms with Crippen molar-refractivity contribution in [3.8, 4) is 23.3 Å². The lowest BCUT2D eigenvalue weighted by Gasteiger charge is -2.26. The molecular formula is C28H23ClN2O6. The molecule has 0 radical (unpaired) electrons. The molecule has 1 fully saturated rings. The Hall–Kier alpha value is -4.48. The number of aliphatic hydroxyl groups excluding tert-OH is 1. The molecule has 1 N–H and O–H groups in total. The van der Waals surface area contributed by atoms with Crippen LogP contribution >= 0.6 is 11.6 Å². The fraction of sp³-hybridized carbons (Fsp3) is 0.179. The van der Waals surface area contributed by atoms with Gasteiger partial charge in [-0.2, -0.15) is 5.26 Å². The van der Waals surface area contributed by atoms with Crippen LogP contribution in [-0.4, -0.2) is 37.6 Å². The van der Waals surface area contributed by atoms with Crippen LogP contribution in [-0.2, 0) is 9.59 Å². The van der Waals surface area contributed by atoms with Gasteiger partial charge < -0.3 is 19.3 Å². The predicted molar refractivity (Wildman–Crippen MR) is 138 cm³/mol. The zero-order valence-corrected chi connectivity index (χ0v) is 21.1. The lowest BCUT2D eigenvalue weighted by molar-refractivity contribution is -0.132. The molecule has 1 heterocycles. The monoisotopic (exact) mass is 518 g/mol. The number of carbonyl (C=O) groups is 2. The van der Waals surface area contributed by atoms with E-state index in [1.807, 2.05) is 6.07 Å². The summed E-state index contributed by atoms with van der Waals surface area (Å²) in [6.45, 7) is 2.14. The Kier molecular flexibility index (Phi) is 7.37. The van der Waals surface area contributed by atoms with E-state index in [4.69, 9.17) is 25.8 Å². The summed E-state index contributed by atoms with van der Waals surface area (Å²) < 4.78 is 16.3. The van der Waals surface area contributed by atoms with Gasteiger partial charge in [-0.1, -0.05) is 17.7 Å². The first-order valence-electron chi connectivity index (χ1n) is 11.3. The Morgan fingerprint density at radius 3 is 2.32 bits per heavy atom. The smallest absolute Gasteiger partial charge is 0.300 e. The highest BCUT2D eigenvalue weighted by Crippen LogP contribution is 2.44. The summed E-state index contributed by atoms with van der Waals surface area (Å²) in [5.74, 6) is -0.903. The second kappa shape index (κ2) is 10.6. The third-order valence-corrected chi connectivity index (χ3v) is 6.26. The van der Waals surface area contributed by atoms with Crippen molar-refractivity contribution in [2.45, 2.75) is 13.0 Å². The number of rotatable bonds is 7. The number of Topliss-reactive ketones (excluding diaryl/α,β-unsaturated/α-hetero) is 1. The van der Waals surface area contributed by atoms with Crippen molar-refractivity contribution in [3.63, 3.8) is 0 Å². The van der Waals surface area contributed by atoms with Gasteiger partial charge >= 0.3 is 0 Å². The third kappa shape index (κ3) is 4.69. The standard InChI is InChI=1S/C28H23ClN2O6/c1-4-37-22-14-18(7-11-20(22)29)26(32)24-25(17-8-12-21(35-2)23(13-17)36-3)31(28(34)27(24)33)19-9-5-16(15-30)6-10-19/h5-14,25,32H,4H2,1-3H3/b26-24-.